The summed E-state index contributed by atoms with van der Waals surface area (Å²) in [7, 11) is 5.64. The summed E-state index contributed by atoms with van der Waals surface area (Å²) in [5.74, 6) is -1.01. The first-order valence-electron chi connectivity index (χ1n) is 19.6. The molecule has 5 heterocycles. The number of benzene rings is 2. The molecule has 3 amide bonds. The third-order valence-corrected chi connectivity index (χ3v) is 12.1. The van der Waals surface area contributed by atoms with Gasteiger partial charge in [-0.3, -0.25) is 33.5 Å². The van der Waals surface area contributed by atoms with E-state index in [9.17, 15) is 32.3 Å². The fraction of sp³-hybridized carbons (Fsp3) is 0.463. The van der Waals surface area contributed by atoms with Crippen LogP contribution < -0.4 is 21.2 Å². The molecule has 1 unspecified atom stereocenters. The lowest BCUT2D eigenvalue weighted by Crippen LogP contribution is -2.55. The molecule has 2 aliphatic heterocycles. The van der Waals surface area contributed by atoms with Crippen molar-refractivity contribution in [1.29, 1.82) is 0 Å². The zero-order valence-electron chi connectivity index (χ0n) is 32.5. The van der Waals surface area contributed by atoms with Crippen LogP contribution in [-0.4, -0.2) is 92.5 Å². The van der Waals surface area contributed by atoms with Gasteiger partial charge in [-0.25, -0.2) is 9.78 Å². The summed E-state index contributed by atoms with van der Waals surface area (Å²) in [6, 6.07) is 13.9. The number of hydrogen-bond acceptors (Lipinski definition) is 9. The zero-order valence-corrected chi connectivity index (χ0v) is 32.5. The van der Waals surface area contributed by atoms with E-state index in [0.717, 1.165) is 79.4 Å². The lowest BCUT2D eigenvalue weighted by Gasteiger charge is -2.44. The summed E-state index contributed by atoms with van der Waals surface area (Å²) in [5.41, 5.74) is 1.78. The number of piperidine rings is 2. The Morgan fingerprint density at radius 2 is 1.79 bits per heavy atom. The number of aryl methyl sites for hydroxylation is 1. The van der Waals surface area contributed by atoms with Crippen LogP contribution in [0.15, 0.2) is 65.6 Å². The second-order valence-corrected chi connectivity index (χ2v) is 15.8. The number of pyridine rings is 1. The van der Waals surface area contributed by atoms with Crippen molar-refractivity contribution < 1.29 is 32.3 Å². The lowest BCUT2D eigenvalue weighted by molar-refractivity contribution is -0.141. The Balaban J connectivity index is 0.875. The summed E-state index contributed by atoms with van der Waals surface area (Å²) >= 11 is 0. The van der Waals surface area contributed by atoms with Gasteiger partial charge in [0.05, 0.1) is 34.4 Å². The van der Waals surface area contributed by atoms with Crippen molar-refractivity contribution in [3.05, 3.63) is 82.7 Å². The topological polar surface area (TPSA) is 149 Å². The number of para-hydroxylation sites is 1. The molecule has 1 aliphatic carbocycles. The Hall–Kier alpha value is -5.55. The number of fused-ring (bicyclic) bond motifs is 2. The lowest BCUT2D eigenvalue weighted by atomic mass is 9.85. The molecule has 58 heavy (non-hydrogen) atoms. The minimum Gasteiger partial charge on any atom is -0.378 e. The second-order valence-electron chi connectivity index (χ2n) is 15.8. The minimum absolute atomic E-state index is 0.0768. The first-order chi connectivity index (χ1) is 27.8. The molecule has 14 nitrogen and oxygen atoms in total. The quantitative estimate of drug-likeness (QED) is 0.190. The predicted molar refractivity (Wildman–Crippen MR) is 211 cm³/mol. The number of anilines is 2. The molecule has 2 N–H and O–H groups in total. The van der Waals surface area contributed by atoms with Crippen LogP contribution in [0.4, 0.5) is 24.5 Å². The van der Waals surface area contributed by atoms with Gasteiger partial charge in [-0.15, -0.1) is 0 Å². The largest absolute Gasteiger partial charge is 0.433 e. The number of carbonyl (C=O) groups is 3. The number of ether oxygens (including phenoxy) is 1. The van der Waals surface area contributed by atoms with Crippen LogP contribution in [0.5, 0.6) is 0 Å². The maximum absolute atomic E-state index is 13.5. The number of amides is 3. The van der Waals surface area contributed by atoms with Gasteiger partial charge in [0.25, 0.3) is 5.91 Å². The van der Waals surface area contributed by atoms with Crippen molar-refractivity contribution in [1.82, 2.24) is 34.1 Å². The van der Waals surface area contributed by atoms with Gasteiger partial charge in [0, 0.05) is 63.5 Å². The van der Waals surface area contributed by atoms with Crippen LogP contribution in [0.3, 0.4) is 0 Å². The molecule has 3 atom stereocenters. The average Bonchev–Trinajstić information content (AvgIpc) is 3.75. The number of carbonyl (C=O) groups excluding carboxylic acids is 3. The molecule has 1 saturated carbocycles. The van der Waals surface area contributed by atoms with Gasteiger partial charge in [-0.05, 0) is 94.0 Å². The maximum Gasteiger partial charge on any atom is 0.433 e. The summed E-state index contributed by atoms with van der Waals surface area (Å²) in [4.78, 5) is 59.0. The van der Waals surface area contributed by atoms with E-state index < -0.39 is 29.7 Å². The number of likely N-dealkylation sites (N-methyl/N-ethyl adjacent to an activating group) is 1. The number of alkyl halides is 3. The van der Waals surface area contributed by atoms with Gasteiger partial charge >= 0.3 is 11.9 Å². The van der Waals surface area contributed by atoms with Crippen molar-refractivity contribution >= 4 is 51.0 Å². The van der Waals surface area contributed by atoms with E-state index in [1.165, 1.54) is 10.6 Å². The summed E-state index contributed by atoms with van der Waals surface area (Å²) in [6.45, 7) is 2.33. The van der Waals surface area contributed by atoms with Crippen molar-refractivity contribution in [2.75, 3.05) is 44.0 Å². The number of halogens is 3. The highest BCUT2D eigenvalue weighted by atomic mass is 19.4. The minimum atomic E-state index is -4.65. The molecule has 0 spiro atoms. The Morgan fingerprint density at radius 3 is 2.53 bits per heavy atom. The fourth-order valence-corrected chi connectivity index (χ4v) is 9.12. The van der Waals surface area contributed by atoms with E-state index in [4.69, 9.17) is 9.84 Å². The molecular weight excluding hydrogens is 756 g/mol. The highest BCUT2D eigenvalue weighted by molar-refractivity contribution is 6.04. The Morgan fingerprint density at radius 1 is 1.02 bits per heavy atom. The van der Waals surface area contributed by atoms with Crippen molar-refractivity contribution in [3.8, 4) is 0 Å². The standard InChI is InChI=1S/C41H46F3N9O5/c1-49(30-18-19-51(23-34(30)58-3)31-7-5-8-32-37(31)50(2)40(57)53(32)33-16-17-36(54)47-39(33)56)21-24-10-13-27(14-11-24)52-22-25-20-26(12-15-28(25)48-52)45-38(55)29-6-4-9-35(46-29)41(42,43)44/h4-9,12,15,20,22,24,27,30,33-34H,10-11,13-14,16-19,21,23H2,1-3H3,(H,45,55)(H,47,54,56)/t24-,27-,30-,33?,34+/m0/s1. The van der Waals surface area contributed by atoms with E-state index in [2.05, 4.69) is 32.5 Å². The Kier molecular flexibility index (Phi) is 10.6. The monoisotopic (exact) mass is 801 g/mol. The summed E-state index contributed by atoms with van der Waals surface area (Å²) in [6.07, 6.45) is 2.56. The molecule has 2 saturated heterocycles. The van der Waals surface area contributed by atoms with Crippen LogP contribution in [0, 0.1) is 5.92 Å². The molecule has 0 bridgehead atoms. The van der Waals surface area contributed by atoms with Crippen LogP contribution in [0.1, 0.15) is 73.2 Å². The third-order valence-electron chi connectivity index (χ3n) is 12.1. The molecule has 2 aromatic carbocycles. The first kappa shape index (κ1) is 39.3. The number of aromatic nitrogens is 5. The van der Waals surface area contributed by atoms with E-state index >= 15 is 0 Å². The van der Waals surface area contributed by atoms with E-state index in [0.29, 0.717) is 23.7 Å². The van der Waals surface area contributed by atoms with E-state index in [1.54, 1.807) is 36.9 Å². The third kappa shape index (κ3) is 7.59. The molecule has 0 radical (unpaired) electrons. The number of nitrogens with one attached hydrogen (secondary N) is 2. The molecule has 8 rings (SSSR count). The number of hydrogen-bond donors (Lipinski definition) is 2. The summed E-state index contributed by atoms with van der Waals surface area (Å²) < 4.78 is 50.5. The molecule has 306 valence electrons. The van der Waals surface area contributed by atoms with Gasteiger partial charge in [0.15, 0.2) is 0 Å². The summed E-state index contributed by atoms with van der Waals surface area (Å²) in [5, 5.41) is 10.7. The molecule has 5 aromatic rings. The number of methoxy groups -OCH3 is 1. The van der Waals surface area contributed by atoms with Gasteiger partial charge < -0.3 is 19.9 Å². The Bertz CT molecular complexity index is 2430. The zero-order chi connectivity index (χ0) is 40.9. The number of imide groups is 1. The fourth-order valence-electron chi connectivity index (χ4n) is 9.12. The smallest absolute Gasteiger partial charge is 0.378 e. The molecule has 3 aromatic heterocycles. The SMILES string of the molecule is CO[C@@H]1CN(c2cccc3c2n(C)c(=O)n3C2CCC(=O)NC2=O)CC[C@@H]1N(C)C[C@H]1CC[C@H](n2cc3cc(NC(=O)c4cccc(C(F)(F)F)n4)ccc3n2)CC1. The van der Waals surface area contributed by atoms with Crippen molar-refractivity contribution in [3.63, 3.8) is 0 Å². The van der Waals surface area contributed by atoms with Crippen LogP contribution in [0.25, 0.3) is 21.9 Å². The van der Waals surface area contributed by atoms with Crippen molar-refractivity contribution in [2.24, 2.45) is 13.0 Å². The first-order valence-corrected chi connectivity index (χ1v) is 19.6. The highest BCUT2D eigenvalue weighted by Crippen LogP contribution is 2.36. The molecule has 17 heteroatoms. The normalized spacial score (nSPS) is 23.2. The van der Waals surface area contributed by atoms with Crippen molar-refractivity contribution in [2.45, 2.75) is 75.4 Å². The van der Waals surface area contributed by atoms with Crippen LogP contribution in [-0.2, 0) is 27.5 Å². The van der Waals surface area contributed by atoms with Gasteiger partial charge in [0.2, 0.25) is 11.8 Å². The molecule has 3 fully saturated rings. The number of imidazole rings is 1. The maximum atomic E-state index is 13.5. The van der Waals surface area contributed by atoms with Gasteiger partial charge in [-0.1, -0.05) is 12.1 Å². The molecule has 3 aliphatic rings. The van der Waals surface area contributed by atoms with Gasteiger partial charge in [-0.2, -0.15) is 18.3 Å². The van der Waals surface area contributed by atoms with E-state index in [-0.39, 0.29) is 48.3 Å². The van der Waals surface area contributed by atoms with Crippen LogP contribution in [0.2, 0.25) is 0 Å². The Labute approximate surface area is 331 Å². The average molecular weight is 802 g/mol. The number of nitrogens with zero attached hydrogens (tertiary/aromatic N) is 7. The second kappa shape index (κ2) is 15.7. The van der Waals surface area contributed by atoms with Crippen LogP contribution >= 0.6 is 0 Å². The van der Waals surface area contributed by atoms with Gasteiger partial charge in [0.1, 0.15) is 17.4 Å². The highest BCUT2D eigenvalue weighted by Gasteiger charge is 2.37. The number of rotatable bonds is 9. The van der Waals surface area contributed by atoms with E-state index in [1.807, 2.05) is 29.1 Å². The predicted octanol–water partition coefficient (Wildman–Crippen LogP) is 5.29. The molecular formula is C41H46F3N9O5.